The predicted octanol–water partition coefficient (Wildman–Crippen LogP) is 3.51. The lowest BCUT2D eigenvalue weighted by Crippen LogP contribution is -2.66. The number of benzene rings is 1. The quantitative estimate of drug-likeness (QED) is 0.663. The van der Waals surface area contributed by atoms with Crippen LogP contribution in [0.1, 0.15) is 16.5 Å². The van der Waals surface area contributed by atoms with Gasteiger partial charge in [-0.05, 0) is 41.4 Å². The third-order valence-electron chi connectivity index (χ3n) is 4.06. The molecule has 0 bridgehead atoms. The molecule has 10 heteroatoms. The molecule has 0 radical (unpaired) electrons. The molecule has 2 heterocycles. The highest BCUT2D eigenvalue weighted by molar-refractivity contribution is 7.80. The molecule has 2 aromatic rings. The van der Waals surface area contributed by atoms with Crippen LogP contribution in [0.3, 0.4) is 0 Å². The number of alkyl halides is 3. The van der Waals surface area contributed by atoms with Crippen molar-refractivity contribution in [3.8, 4) is 0 Å². The van der Waals surface area contributed by atoms with E-state index in [0.29, 0.717) is 10.6 Å². The molecule has 1 saturated heterocycles. The summed E-state index contributed by atoms with van der Waals surface area (Å²) in [6.45, 7) is 0. The fourth-order valence-corrected chi connectivity index (χ4v) is 4.15. The molecule has 0 amide bonds. The Kier molecular flexibility index (Phi) is 5.00. The number of thiocarbonyl (C=S) groups is 1. The van der Waals surface area contributed by atoms with E-state index >= 15 is 0 Å². The molecule has 0 aliphatic carbocycles. The fraction of sp³-hybridized carbons (Fsp3) is 0.250. The normalized spacial score (nSPS) is 26.1. The third kappa shape index (κ3) is 3.44. The predicted molar refractivity (Wildman–Crippen MR) is 95.8 cm³/mol. The Morgan fingerprint density at radius 2 is 1.92 bits per heavy atom. The van der Waals surface area contributed by atoms with Gasteiger partial charge in [0.15, 0.2) is 10.8 Å². The summed E-state index contributed by atoms with van der Waals surface area (Å²) in [5.74, 6) is -3.95. The van der Waals surface area contributed by atoms with Crippen molar-refractivity contribution in [1.29, 1.82) is 0 Å². The van der Waals surface area contributed by atoms with E-state index in [4.69, 9.17) is 23.8 Å². The van der Waals surface area contributed by atoms with Gasteiger partial charge in [0.25, 0.3) is 0 Å². The number of carbonyl (C=O) groups excluding carboxylic acids is 1. The zero-order chi connectivity index (χ0) is 19.1. The molecule has 4 nitrogen and oxygen atoms in total. The van der Waals surface area contributed by atoms with Crippen LogP contribution in [0, 0.1) is 5.92 Å². The van der Waals surface area contributed by atoms with E-state index in [1.807, 2.05) is 0 Å². The molecule has 1 aliphatic rings. The molecule has 0 unspecified atom stereocenters. The maximum Gasteiger partial charge on any atom is 0.450 e. The molecule has 138 valence electrons. The van der Waals surface area contributed by atoms with E-state index in [2.05, 4.69) is 10.6 Å². The van der Waals surface area contributed by atoms with Gasteiger partial charge in [0.2, 0.25) is 5.78 Å². The number of Topliss-reactive ketones (excluding diaryl/α,β-unsaturated/α-hetero) is 1. The molecule has 1 aromatic heterocycles. The Labute approximate surface area is 161 Å². The van der Waals surface area contributed by atoms with Crippen molar-refractivity contribution in [1.82, 2.24) is 10.6 Å². The lowest BCUT2D eigenvalue weighted by Gasteiger charge is -2.45. The molecule has 1 aliphatic heterocycles. The highest BCUT2D eigenvalue weighted by atomic mass is 35.5. The summed E-state index contributed by atoms with van der Waals surface area (Å²) in [6, 6.07) is 7.77. The van der Waals surface area contributed by atoms with E-state index in [9.17, 15) is 23.1 Å². The van der Waals surface area contributed by atoms with Crippen LogP contribution in [0.2, 0.25) is 5.02 Å². The first-order chi connectivity index (χ1) is 12.1. The Bertz CT molecular complexity index is 827. The van der Waals surface area contributed by atoms with Gasteiger partial charge in [0.1, 0.15) is 5.92 Å². The SMILES string of the molecule is O=C([C@@H]1[C@H](c2ccc(Cl)cc2)NC(=S)N[C@@]1(O)c1cccs1)C(F)(F)F. The summed E-state index contributed by atoms with van der Waals surface area (Å²) in [5.41, 5.74) is -1.95. The van der Waals surface area contributed by atoms with E-state index in [0.717, 1.165) is 11.3 Å². The number of halogens is 4. The molecule has 3 atom stereocenters. The molecule has 0 saturated carbocycles. The first-order valence-electron chi connectivity index (χ1n) is 7.34. The van der Waals surface area contributed by atoms with Gasteiger partial charge >= 0.3 is 6.18 Å². The van der Waals surface area contributed by atoms with Crippen molar-refractivity contribution in [2.45, 2.75) is 17.9 Å². The Morgan fingerprint density at radius 1 is 1.27 bits per heavy atom. The van der Waals surface area contributed by atoms with Crippen molar-refractivity contribution in [2.24, 2.45) is 5.92 Å². The van der Waals surface area contributed by atoms with E-state index < -0.39 is 29.6 Å². The number of hydrogen-bond acceptors (Lipinski definition) is 4. The topological polar surface area (TPSA) is 61.4 Å². The van der Waals surface area contributed by atoms with Gasteiger partial charge in [-0.2, -0.15) is 13.2 Å². The minimum atomic E-state index is -5.14. The molecule has 1 fully saturated rings. The Balaban J connectivity index is 2.16. The maximum atomic E-state index is 13.3. The van der Waals surface area contributed by atoms with Gasteiger partial charge in [-0.25, -0.2) is 0 Å². The molecule has 0 spiro atoms. The number of carbonyl (C=O) groups is 1. The summed E-state index contributed by atoms with van der Waals surface area (Å²) in [4.78, 5) is 12.4. The number of ketones is 1. The van der Waals surface area contributed by atoms with Crippen LogP contribution in [-0.2, 0) is 10.5 Å². The molecule has 1 aromatic carbocycles. The standard InChI is InChI=1S/C16H12ClF3N2O2S2/c17-9-5-3-8(4-6-9)12-11(13(23)16(18,19)20)15(24,22-14(25)21-12)10-2-1-7-26-10/h1-7,11-12,24H,(H2,21,22,25)/t11-,12-,15+/m0/s1. The van der Waals surface area contributed by atoms with Crippen molar-refractivity contribution < 1.29 is 23.1 Å². The summed E-state index contributed by atoms with van der Waals surface area (Å²) in [5, 5.41) is 18.1. The smallest absolute Gasteiger partial charge is 0.366 e. The van der Waals surface area contributed by atoms with Crippen molar-refractivity contribution in [3.63, 3.8) is 0 Å². The average Bonchev–Trinajstić information content (AvgIpc) is 3.08. The second kappa shape index (κ2) is 6.80. The average molecular weight is 421 g/mol. The molecule has 3 rings (SSSR count). The maximum absolute atomic E-state index is 13.3. The van der Waals surface area contributed by atoms with Gasteiger partial charge in [0, 0.05) is 5.02 Å². The van der Waals surface area contributed by atoms with Crippen LogP contribution in [0.25, 0.3) is 0 Å². The second-order valence-corrected chi connectivity index (χ2v) is 7.50. The van der Waals surface area contributed by atoms with Gasteiger partial charge < -0.3 is 15.7 Å². The van der Waals surface area contributed by atoms with Gasteiger partial charge in [0.05, 0.1) is 10.9 Å². The third-order valence-corrected chi connectivity index (χ3v) is 5.53. The molecular weight excluding hydrogens is 409 g/mol. The summed E-state index contributed by atoms with van der Waals surface area (Å²) < 4.78 is 39.9. The largest absolute Gasteiger partial charge is 0.450 e. The van der Waals surface area contributed by atoms with Crippen LogP contribution in [0.15, 0.2) is 41.8 Å². The van der Waals surface area contributed by atoms with Crippen molar-refractivity contribution >= 4 is 46.1 Å². The van der Waals surface area contributed by atoms with Crippen LogP contribution < -0.4 is 10.6 Å². The molecule has 26 heavy (non-hydrogen) atoms. The van der Waals surface area contributed by atoms with Crippen LogP contribution in [-0.4, -0.2) is 22.2 Å². The first-order valence-corrected chi connectivity index (χ1v) is 9.01. The summed E-state index contributed by atoms with van der Waals surface area (Å²) in [7, 11) is 0. The Hall–Kier alpha value is -1.68. The van der Waals surface area contributed by atoms with E-state index in [-0.39, 0.29) is 9.99 Å². The minimum Gasteiger partial charge on any atom is -0.366 e. The fourth-order valence-electron chi connectivity index (χ4n) is 2.93. The van der Waals surface area contributed by atoms with Crippen molar-refractivity contribution in [3.05, 3.63) is 57.2 Å². The number of aliphatic hydroxyl groups is 1. The number of nitrogens with one attached hydrogen (secondary N) is 2. The molecular formula is C16H12ClF3N2O2S2. The minimum absolute atomic E-state index is 0.0629. The monoisotopic (exact) mass is 420 g/mol. The Morgan fingerprint density at radius 3 is 2.46 bits per heavy atom. The number of hydrogen-bond donors (Lipinski definition) is 3. The van der Waals surface area contributed by atoms with Crippen molar-refractivity contribution in [2.75, 3.05) is 0 Å². The summed E-state index contributed by atoms with van der Waals surface area (Å²) >= 11 is 11.9. The highest BCUT2D eigenvalue weighted by Gasteiger charge is 2.59. The molecule has 3 N–H and O–H groups in total. The number of rotatable bonds is 3. The lowest BCUT2D eigenvalue weighted by atomic mass is 9.78. The van der Waals surface area contributed by atoms with Crippen LogP contribution in [0.5, 0.6) is 0 Å². The zero-order valence-corrected chi connectivity index (χ0v) is 15.3. The zero-order valence-electron chi connectivity index (χ0n) is 12.9. The van der Waals surface area contributed by atoms with Crippen LogP contribution >= 0.6 is 35.2 Å². The number of thiophene rings is 1. The summed E-state index contributed by atoms with van der Waals surface area (Å²) in [6.07, 6.45) is -5.14. The van der Waals surface area contributed by atoms with E-state index in [1.54, 1.807) is 11.4 Å². The van der Waals surface area contributed by atoms with Gasteiger partial charge in [-0.1, -0.05) is 29.8 Å². The second-order valence-electron chi connectivity index (χ2n) is 5.71. The highest BCUT2D eigenvalue weighted by Crippen LogP contribution is 2.44. The van der Waals surface area contributed by atoms with Gasteiger partial charge in [-0.15, -0.1) is 11.3 Å². The lowest BCUT2D eigenvalue weighted by molar-refractivity contribution is -0.189. The van der Waals surface area contributed by atoms with Crippen LogP contribution in [0.4, 0.5) is 13.2 Å². The van der Waals surface area contributed by atoms with Gasteiger partial charge in [-0.3, -0.25) is 4.79 Å². The van der Waals surface area contributed by atoms with E-state index in [1.165, 1.54) is 30.3 Å². The first kappa shape index (κ1) is 19.1.